The van der Waals surface area contributed by atoms with E-state index < -0.39 is 12.8 Å². The Morgan fingerprint density at radius 2 is 1.37 bits per heavy atom. The van der Waals surface area contributed by atoms with E-state index in [1.165, 1.54) is 14.2 Å². The standard InChI is InChI=1S/C11H22Cl3FO3Si/c1-16-19(17-2,18-11(12,13)14)10-8-6-4-3-5-7-9-15/h3-10H2,1-2H3. The van der Waals surface area contributed by atoms with Crippen molar-refractivity contribution in [3.05, 3.63) is 0 Å². The lowest BCUT2D eigenvalue weighted by molar-refractivity contribution is 0.0949. The monoisotopic (exact) mass is 354 g/mol. The molecule has 0 saturated heterocycles. The molecule has 0 fully saturated rings. The van der Waals surface area contributed by atoms with Gasteiger partial charge in [-0.15, -0.1) is 0 Å². The van der Waals surface area contributed by atoms with Gasteiger partial charge in [0, 0.05) is 20.3 Å². The number of halogens is 4. The third-order valence-electron chi connectivity index (χ3n) is 2.76. The molecule has 8 heteroatoms. The number of rotatable bonds is 11. The Hall–Kier alpha value is 0.897. The van der Waals surface area contributed by atoms with Crippen LogP contribution in [0.3, 0.4) is 0 Å². The quantitative estimate of drug-likeness (QED) is 0.300. The molecule has 3 nitrogen and oxygen atoms in total. The maximum absolute atomic E-state index is 11.9. The lowest BCUT2D eigenvalue weighted by atomic mass is 10.1. The van der Waals surface area contributed by atoms with E-state index in [0.717, 1.165) is 32.1 Å². The Labute approximate surface area is 131 Å². The summed E-state index contributed by atoms with van der Waals surface area (Å²) in [4.78, 5) is 0. The minimum absolute atomic E-state index is 0.236. The van der Waals surface area contributed by atoms with Crippen molar-refractivity contribution in [3.63, 3.8) is 0 Å². The van der Waals surface area contributed by atoms with E-state index in [0.29, 0.717) is 12.5 Å². The third-order valence-corrected chi connectivity index (χ3v) is 6.21. The van der Waals surface area contributed by atoms with Crippen molar-refractivity contribution in [1.29, 1.82) is 0 Å². The van der Waals surface area contributed by atoms with E-state index >= 15 is 0 Å². The first-order valence-corrected chi connectivity index (χ1v) is 9.39. The van der Waals surface area contributed by atoms with E-state index in [1.807, 2.05) is 0 Å². The fraction of sp³-hybridized carbons (Fsp3) is 1.00. The number of unbranched alkanes of at least 4 members (excludes halogenated alkanes) is 5. The second kappa shape index (κ2) is 10.6. The van der Waals surface area contributed by atoms with Gasteiger partial charge >= 0.3 is 8.80 Å². The highest BCUT2D eigenvalue weighted by Crippen LogP contribution is 2.34. The molecule has 0 aromatic rings. The first kappa shape index (κ1) is 19.9. The average molecular weight is 356 g/mol. The Balaban J connectivity index is 3.94. The van der Waals surface area contributed by atoms with E-state index in [9.17, 15) is 4.39 Å². The molecule has 116 valence electrons. The molecule has 0 rings (SSSR count). The van der Waals surface area contributed by atoms with Crippen LogP contribution in [0.4, 0.5) is 4.39 Å². The first-order chi connectivity index (χ1) is 8.89. The Morgan fingerprint density at radius 3 is 1.79 bits per heavy atom. The summed E-state index contributed by atoms with van der Waals surface area (Å²) in [5.41, 5.74) is 0. The number of hydrogen-bond donors (Lipinski definition) is 0. The highest BCUT2D eigenvalue weighted by atomic mass is 35.6. The van der Waals surface area contributed by atoms with Crippen molar-refractivity contribution in [2.45, 2.75) is 48.5 Å². The van der Waals surface area contributed by atoms with Crippen molar-refractivity contribution in [2.75, 3.05) is 20.9 Å². The van der Waals surface area contributed by atoms with E-state index in [1.54, 1.807) is 0 Å². The minimum Gasteiger partial charge on any atom is -0.377 e. The summed E-state index contributed by atoms with van der Waals surface area (Å²) in [7, 11) is 0.0768. The second-order valence-electron chi connectivity index (χ2n) is 4.20. The summed E-state index contributed by atoms with van der Waals surface area (Å²) in [6.45, 7) is -0.236. The van der Waals surface area contributed by atoms with Crippen molar-refractivity contribution < 1.29 is 17.7 Å². The van der Waals surface area contributed by atoms with Crippen LogP contribution in [-0.4, -0.2) is 33.7 Å². The van der Waals surface area contributed by atoms with E-state index in [2.05, 4.69) is 0 Å². The first-order valence-electron chi connectivity index (χ1n) is 6.32. The van der Waals surface area contributed by atoms with Crippen LogP contribution in [0.25, 0.3) is 0 Å². The lowest BCUT2D eigenvalue weighted by Crippen LogP contribution is -2.46. The predicted molar refractivity (Wildman–Crippen MR) is 79.6 cm³/mol. The molecule has 19 heavy (non-hydrogen) atoms. The Morgan fingerprint density at radius 1 is 0.895 bits per heavy atom. The summed E-state index contributed by atoms with van der Waals surface area (Å²) in [5.74, 6) is 0. The van der Waals surface area contributed by atoms with Crippen LogP contribution in [0.5, 0.6) is 0 Å². The fourth-order valence-corrected chi connectivity index (χ4v) is 4.68. The molecule has 0 saturated carbocycles. The van der Waals surface area contributed by atoms with Crippen molar-refractivity contribution in [2.24, 2.45) is 0 Å². The highest BCUT2D eigenvalue weighted by Gasteiger charge is 2.45. The largest absolute Gasteiger partial charge is 0.503 e. The molecule has 0 N–H and O–H groups in total. The molecule has 0 spiro atoms. The van der Waals surface area contributed by atoms with Crippen LogP contribution in [0.1, 0.15) is 38.5 Å². The molecule has 0 atom stereocenters. The maximum Gasteiger partial charge on any atom is 0.503 e. The normalized spacial score (nSPS) is 12.9. The molecule has 0 aromatic heterocycles. The number of hydrogen-bond acceptors (Lipinski definition) is 3. The predicted octanol–water partition coefficient (Wildman–Crippen LogP) is 4.87. The molecule has 0 amide bonds. The molecule has 0 aliphatic rings. The summed E-state index contributed by atoms with van der Waals surface area (Å²) in [5, 5.41) is 0. The molecule has 0 bridgehead atoms. The van der Waals surface area contributed by atoms with Gasteiger partial charge in [-0.05, 0) is 12.8 Å². The topological polar surface area (TPSA) is 27.7 Å². The molecular formula is C11H22Cl3FO3Si. The zero-order chi connectivity index (χ0) is 14.8. The van der Waals surface area contributed by atoms with Crippen LogP contribution < -0.4 is 0 Å². The summed E-state index contributed by atoms with van der Waals surface area (Å²) in [6, 6.07) is 0.594. The Kier molecular flexibility index (Phi) is 11.1. The molecule has 0 aromatic carbocycles. The van der Waals surface area contributed by atoms with Crippen LogP contribution >= 0.6 is 34.8 Å². The van der Waals surface area contributed by atoms with Crippen molar-refractivity contribution in [1.82, 2.24) is 0 Å². The van der Waals surface area contributed by atoms with Gasteiger partial charge in [-0.25, -0.2) is 0 Å². The minimum atomic E-state index is -2.91. The van der Waals surface area contributed by atoms with Crippen LogP contribution in [0, 0.1) is 0 Å². The van der Waals surface area contributed by atoms with E-state index in [4.69, 9.17) is 48.1 Å². The van der Waals surface area contributed by atoms with E-state index in [-0.39, 0.29) is 6.67 Å². The smallest absolute Gasteiger partial charge is 0.377 e. The van der Waals surface area contributed by atoms with Gasteiger partial charge in [0.05, 0.1) is 6.67 Å². The fourth-order valence-electron chi connectivity index (χ4n) is 1.74. The lowest BCUT2D eigenvalue weighted by Gasteiger charge is -2.29. The number of alkyl halides is 4. The summed E-state index contributed by atoms with van der Waals surface area (Å²) < 4.78 is 26.0. The zero-order valence-electron chi connectivity index (χ0n) is 11.4. The van der Waals surface area contributed by atoms with Gasteiger partial charge in [0.15, 0.2) is 0 Å². The van der Waals surface area contributed by atoms with Crippen LogP contribution in [0.15, 0.2) is 0 Å². The molecule has 0 aliphatic carbocycles. The molecular weight excluding hydrogens is 334 g/mol. The van der Waals surface area contributed by atoms with Gasteiger partial charge in [0.1, 0.15) is 0 Å². The van der Waals surface area contributed by atoms with Crippen molar-refractivity contribution in [3.8, 4) is 0 Å². The molecule has 0 aliphatic heterocycles. The molecule has 0 heterocycles. The molecule has 0 unspecified atom stereocenters. The van der Waals surface area contributed by atoms with Gasteiger partial charge in [0.2, 0.25) is 0 Å². The maximum atomic E-state index is 11.9. The SMILES string of the molecule is CO[Si](CCCCCCCCF)(OC)OC(Cl)(Cl)Cl. The van der Waals surface area contributed by atoms with Gasteiger partial charge in [-0.1, -0.05) is 60.5 Å². The summed E-state index contributed by atoms with van der Waals surface area (Å²) in [6.07, 6.45) is 5.51. The van der Waals surface area contributed by atoms with Gasteiger partial charge in [-0.2, -0.15) is 0 Å². The van der Waals surface area contributed by atoms with Gasteiger partial charge < -0.3 is 13.3 Å². The van der Waals surface area contributed by atoms with Crippen LogP contribution in [-0.2, 0) is 13.3 Å². The van der Waals surface area contributed by atoms with Gasteiger partial charge in [-0.3, -0.25) is 4.39 Å². The highest BCUT2D eigenvalue weighted by molar-refractivity contribution is 6.70. The zero-order valence-corrected chi connectivity index (χ0v) is 14.7. The third kappa shape index (κ3) is 10.3. The summed E-state index contributed by atoms with van der Waals surface area (Å²) >= 11 is 16.9. The molecule has 0 radical (unpaired) electrons. The average Bonchev–Trinajstić information content (AvgIpc) is 2.35. The Bertz CT molecular complexity index is 226. The van der Waals surface area contributed by atoms with Crippen LogP contribution in [0.2, 0.25) is 6.04 Å². The van der Waals surface area contributed by atoms with Crippen molar-refractivity contribution >= 4 is 43.6 Å². The second-order valence-corrected chi connectivity index (χ2v) is 9.26. The van der Waals surface area contributed by atoms with Gasteiger partial charge in [0.25, 0.3) is 3.98 Å².